The molecule has 26 heavy (non-hydrogen) atoms. The van der Waals surface area contributed by atoms with E-state index in [2.05, 4.69) is 12.1 Å². The minimum Gasteiger partial charge on any atom is -0.482 e. The van der Waals surface area contributed by atoms with Gasteiger partial charge in [-0.3, -0.25) is 0 Å². The molecule has 0 aliphatic rings. The van der Waals surface area contributed by atoms with Gasteiger partial charge in [0.2, 0.25) is 0 Å². The van der Waals surface area contributed by atoms with E-state index in [1.165, 1.54) is 6.07 Å². The van der Waals surface area contributed by atoms with Crippen LogP contribution in [0.4, 0.5) is 0 Å². The topological polar surface area (TPSA) is 39.4 Å². The van der Waals surface area contributed by atoms with E-state index in [-0.39, 0.29) is 64.7 Å². The molecule has 0 atom stereocenters. The normalized spacial score (nSPS) is 9.85. The Balaban J connectivity index is 0.00000121. The fraction of sp³-hybridized carbons (Fsp3) is 0. The molecule has 0 aliphatic heterocycles. The molecule has 0 unspecified atom stereocenters. The first-order chi connectivity index (χ1) is 11.8. The summed E-state index contributed by atoms with van der Waals surface area (Å²) in [5, 5.41) is 0.849. The molecule has 0 saturated heterocycles. The first-order valence-electron chi connectivity index (χ1n) is 7.48. The fourth-order valence-electron chi connectivity index (χ4n) is 2.53. The van der Waals surface area contributed by atoms with Gasteiger partial charge in [-0.1, -0.05) is 0 Å². The molecular formula is C21H12Na2O3. The maximum Gasteiger partial charge on any atom is 1.00 e. The third kappa shape index (κ3) is 4.68. The van der Waals surface area contributed by atoms with Crippen LogP contribution in [0.3, 0.4) is 0 Å². The Morgan fingerprint density at radius 3 is 2.38 bits per heavy atom. The fourth-order valence-corrected chi connectivity index (χ4v) is 2.53. The van der Waals surface area contributed by atoms with Gasteiger partial charge in [-0.2, -0.15) is 54.1 Å². The summed E-state index contributed by atoms with van der Waals surface area (Å²) in [6, 6.07) is 27.8. The van der Waals surface area contributed by atoms with Gasteiger partial charge in [-0.25, -0.2) is 4.79 Å². The van der Waals surface area contributed by atoms with E-state index < -0.39 is 0 Å². The van der Waals surface area contributed by atoms with Crippen molar-refractivity contribution in [3.63, 3.8) is 0 Å². The van der Waals surface area contributed by atoms with Gasteiger partial charge >= 0.3 is 64.7 Å². The molecule has 116 valence electrons. The molecule has 0 spiro atoms. The van der Waals surface area contributed by atoms with Crippen LogP contribution in [0, 0.1) is 12.1 Å². The first-order valence-corrected chi connectivity index (χ1v) is 7.48. The predicted octanol–water partition coefficient (Wildman–Crippen LogP) is -1.14. The Bertz CT molecular complexity index is 1060. The van der Waals surface area contributed by atoms with Gasteiger partial charge < -0.3 is 9.15 Å². The summed E-state index contributed by atoms with van der Waals surface area (Å²) in [6.07, 6.45) is 0. The summed E-state index contributed by atoms with van der Waals surface area (Å²) in [5.41, 5.74) is 2.07. The van der Waals surface area contributed by atoms with Gasteiger partial charge in [0.05, 0.1) is 0 Å². The average molecular weight is 358 g/mol. The minimum atomic E-state index is -0.379. The van der Waals surface area contributed by atoms with Crippen molar-refractivity contribution < 1.29 is 68.3 Å². The van der Waals surface area contributed by atoms with E-state index in [1.807, 2.05) is 48.5 Å². The zero-order chi connectivity index (χ0) is 16.4. The Kier molecular flexibility index (Phi) is 7.71. The van der Waals surface area contributed by atoms with Gasteiger partial charge in [0, 0.05) is 23.3 Å². The van der Waals surface area contributed by atoms with Crippen molar-refractivity contribution in [2.75, 3.05) is 0 Å². The Labute approximate surface area is 195 Å². The van der Waals surface area contributed by atoms with Crippen LogP contribution < -0.4 is 69.5 Å². The number of fused-ring (bicyclic) bond motifs is 1. The van der Waals surface area contributed by atoms with Crippen molar-refractivity contribution in [2.24, 2.45) is 0 Å². The van der Waals surface area contributed by atoms with Crippen LogP contribution in [0.1, 0.15) is 0 Å². The van der Waals surface area contributed by atoms with E-state index in [0.29, 0.717) is 17.1 Å². The van der Waals surface area contributed by atoms with Crippen LogP contribution >= 0.6 is 0 Å². The molecule has 1 aromatic heterocycles. The average Bonchev–Trinajstić information content (AvgIpc) is 2.62. The molecule has 0 N–H and O–H groups in total. The van der Waals surface area contributed by atoms with Crippen molar-refractivity contribution >= 4 is 11.0 Å². The van der Waals surface area contributed by atoms with Gasteiger partial charge in [0.15, 0.2) is 0 Å². The van der Waals surface area contributed by atoms with Crippen LogP contribution in [0.15, 0.2) is 82.0 Å². The van der Waals surface area contributed by atoms with Crippen LogP contribution in [0.5, 0.6) is 11.5 Å². The minimum absolute atomic E-state index is 0. The maximum atomic E-state index is 11.4. The van der Waals surface area contributed by atoms with E-state index >= 15 is 0 Å². The molecule has 5 heteroatoms. The summed E-state index contributed by atoms with van der Waals surface area (Å²) >= 11 is 0. The quantitative estimate of drug-likeness (QED) is 0.264. The van der Waals surface area contributed by atoms with Crippen molar-refractivity contribution in [1.82, 2.24) is 0 Å². The number of benzene rings is 3. The molecule has 0 aliphatic carbocycles. The van der Waals surface area contributed by atoms with Crippen LogP contribution in [0.2, 0.25) is 0 Å². The molecule has 0 bridgehead atoms. The Morgan fingerprint density at radius 2 is 1.58 bits per heavy atom. The summed E-state index contributed by atoms with van der Waals surface area (Å²) in [4.78, 5) is 11.4. The van der Waals surface area contributed by atoms with Gasteiger partial charge in [0.25, 0.3) is 0 Å². The third-order valence-electron chi connectivity index (χ3n) is 3.68. The van der Waals surface area contributed by atoms with Crippen molar-refractivity contribution in [3.05, 3.63) is 95.3 Å². The van der Waals surface area contributed by atoms with Crippen LogP contribution in [0.25, 0.3) is 22.1 Å². The van der Waals surface area contributed by atoms with Gasteiger partial charge in [-0.05, 0) is 18.2 Å². The number of rotatable bonds is 3. The van der Waals surface area contributed by atoms with Crippen molar-refractivity contribution in [1.29, 1.82) is 0 Å². The predicted molar refractivity (Wildman–Crippen MR) is 92.1 cm³/mol. The monoisotopic (exact) mass is 358 g/mol. The first kappa shape index (κ1) is 21.0. The molecule has 4 aromatic rings. The number of hydrogen-bond acceptors (Lipinski definition) is 3. The molecule has 0 fully saturated rings. The Hall–Kier alpha value is -1.33. The molecule has 1 heterocycles. The van der Waals surface area contributed by atoms with E-state index in [9.17, 15) is 4.79 Å². The zero-order valence-electron chi connectivity index (χ0n) is 14.7. The third-order valence-corrected chi connectivity index (χ3v) is 3.68. The van der Waals surface area contributed by atoms with Crippen molar-refractivity contribution in [3.8, 4) is 22.6 Å². The second-order valence-electron chi connectivity index (χ2n) is 5.27. The van der Waals surface area contributed by atoms with Crippen molar-refractivity contribution in [2.45, 2.75) is 0 Å². The molecular weight excluding hydrogens is 346 g/mol. The summed E-state index contributed by atoms with van der Waals surface area (Å²) in [5.74, 6) is 1.31. The van der Waals surface area contributed by atoms with Gasteiger partial charge in [-0.15, -0.1) is 11.6 Å². The second-order valence-corrected chi connectivity index (χ2v) is 5.27. The Morgan fingerprint density at radius 1 is 0.846 bits per heavy atom. The summed E-state index contributed by atoms with van der Waals surface area (Å²) < 4.78 is 11.2. The molecule has 0 amide bonds. The number of hydrogen-bond donors (Lipinski definition) is 0. The largest absolute Gasteiger partial charge is 1.00 e. The second kappa shape index (κ2) is 9.56. The molecule has 0 radical (unpaired) electrons. The van der Waals surface area contributed by atoms with Gasteiger partial charge in [0.1, 0.15) is 11.3 Å². The number of ether oxygens (including phenoxy) is 1. The smallest absolute Gasteiger partial charge is 0.482 e. The maximum absolute atomic E-state index is 11.4. The zero-order valence-corrected chi connectivity index (χ0v) is 18.7. The van der Waals surface area contributed by atoms with Crippen LogP contribution in [-0.4, -0.2) is 0 Å². The summed E-state index contributed by atoms with van der Waals surface area (Å²) in [6.45, 7) is 0. The summed E-state index contributed by atoms with van der Waals surface area (Å²) in [7, 11) is 0. The van der Waals surface area contributed by atoms with E-state index in [1.54, 1.807) is 18.2 Å². The van der Waals surface area contributed by atoms with E-state index in [0.717, 1.165) is 16.5 Å². The standard InChI is InChI=1S/C21H12O3.2Na/c22-21-13-11-16-10-12-17(14-20(16)24-21)23-19-9-5-4-8-18(19)15-6-2-1-3-7-15;;/h2-3,5-14H;;/q-2;2*+1. The SMILES string of the molecule is O=c1ccc2ccc(Oc3cc[c-]cc3-c3cc[c-]cc3)cc2o1.[Na+].[Na+]. The van der Waals surface area contributed by atoms with E-state index in [4.69, 9.17) is 9.15 Å². The molecule has 4 rings (SSSR count). The molecule has 3 aromatic carbocycles. The molecule has 3 nitrogen and oxygen atoms in total. The molecule has 0 saturated carbocycles. The van der Waals surface area contributed by atoms with Crippen LogP contribution in [-0.2, 0) is 0 Å².